The Labute approximate surface area is 153 Å². The molecule has 0 aliphatic rings. The van der Waals surface area contributed by atoms with E-state index in [-0.39, 0.29) is 18.0 Å². The quantitative estimate of drug-likeness (QED) is 0.727. The third-order valence-corrected chi connectivity index (χ3v) is 4.30. The smallest absolute Gasteiger partial charge is 0.339 e. The zero-order valence-electron chi connectivity index (χ0n) is 15.7. The third-order valence-electron chi connectivity index (χ3n) is 4.30. The molecule has 0 bridgehead atoms. The van der Waals surface area contributed by atoms with Gasteiger partial charge in [0.2, 0.25) is 5.91 Å². The normalized spacial score (nSPS) is 10.6. The molecule has 0 saturated heterocycles. The first-order valence-corrected chi connectivity index (χ1v) is 8.54. The fraction of sp³-hybridized carbons (Fsp3) is 0.400. The van der Waals surface area contributed by atoms with Gasteiger partial charge in [-0.05, 0) is 56.5 Å². The van der Waals surface area contributed by atoms with Crippen LogP contribution in [0.25, 0.3) is 0 Å². The highest BCUT2D eigenvalue weighted by Crippen LogP contribution is 2.18. The summed E-state index contributed by atoms with van der Waals surface area (Å²) in [6.45, 7) is 6.38. The highest BCUT2D eigenvalue weighted by Gasteiger charge is 2.16. The van der Waals surface area contributed by atoms with Crippen LogP contribution in [-0.4, -0.2) is 35.5 Å². The number of amides is 1. The van der Waals surface area contributed by atoms with Crippen LogP contribution in [-0.2, 0) is 11.3 Å². The van der Waals surface area contributed by atoms with E-state index in [0.717, 1.165) is 5.75 Å². The minimum atomic E-state index is -1.03. The summed E-state index contributed by atoms with van der Waals surface area (Å²) in [4.78, 5) is 24.8. The molecule has 6 nitrogen and oxygen atoms in total. The van der Waals surface area contributed by atoms with Gasteiger partial charge in [-0.1, -0.05) is 6.07 Å². The molecule has 1 aromatic carbocycles. The van der Waals surface area contributed by atoms with Crippen molar-refractivity contribution in [2.45, 2.75) is 40.2 Å². The van der Waals surface area contributed by atoms with Crippen molar-refractivity contribution in [2.24, 2.45) is 0 Å². The molecule has 0 radical (unpaired) electrons. The van der Waals surface area contributed by atoms with Gasteiger partial charge in [-0.15, -0.1) is 0 Å². The van der Waals surface area contributed by atoms with E-state index >= 15 is 0 Å². The van der Waals surface area contributed by atoms with Crippen molar-refractivity contribution in [2.75, 3.05) is 13.7 Å². The van der Waals surface area contributed by atoms with Crippen molar-refractivity contribution < 1.29 is 23.8 Å². The molecule has 0 aliphatic carbocycles. The molecule has 0 saturated carbocycles. The Morgan fingerprint density at radius 2 is 1.88 bits per heavy atom. The van der Waals surface area contributed by atoms with Crippen LogP contribution in [0.3, 0.4) is 0 Å². The van der Waals surface area contributed by atoms with Crippen molar-refractivity contribution in [1.82, 2.24) is 4.90 Å². The number of hydrogen-bond acceptors (Lipinski definition) is 4. The van der Waals surface area contributed by atoms with Crippen LogP contribution in [0.4, 0.5) is 0 Å². The van der Waals surface area contributed by atoms with Crippen molar-refractivity contribution in [3.63, 3.8) is 0 Å². The van der Waals surface area contributed by atoms with Gasteiger partial charge in [-0.3, -0.25) is 4.79 Å². The molecule has 0 fully saturated rings. The highest BCUT2D eigenvalue weighted by atomic mass is 16.5. The molecule has 140 valence electrons. The molecule has 26 heavy (non-hydrogen) atoms. The molecule has 1 aromatic heterocycles. The zero-order chi connectivity index (χ0) is 19.3. The summed E-state index contributed by atoms with van der Waals surface area (Å²) in [7, 11) is 1.67. The highest BCUT2D eigenvalue weighted by molar-refractivity contribution is 5.88. The van der Waals surface area contributed by atoms with Crippen LogP contribution < -0.4 is 4.74 Å². The lowest BCUT2D eigenvalue weighted by molar-refractivity contribution is -0.130. The Bertz CT molecular complexity index is 793. The Morgan fingerprint density at radius 1 is 1.15 bits per heavy atom. The number of benzene rings is 1. The number of ether oxygens (including phenoxy) is 1. The second-order valence-electron chi connectivity index (χ2n) is 6.44. The minimum absolute atomic E-state index is 0.0420. The van der Waals surface area contributed by atoms with Gasteiger partial charge in [0.15, 0.2) is 0 Å². The van der Waals surface area contributed by atoms with E-state index in [2.05, 4.69) is 0 Å². The first-order valence-electron chi connectivity index (χ1n) is 8.54. The fourth-order valence-electron chi connectivity index (χ4n) is 2.56. The van der Waals surface area contributed by atoms with Gasteiger partial charge >= 0.3 is 5.97 Å². The molecule has 2 aromatic rings. The number of rotatable bonds is 8. The van der Waals surface area contributed by atoms with Gasteiger partial charge in [-0.25, -0.2) is 4.79 Å². The number of aryl methyl sites for hydroxylation is 3. The van der Waals surface area contributed by atoms with E-state index in [1.165, 1.54) is 22.1 Å². The lowest BCUT2D eigenvalue weighted by atomic mass is 10.1. The maximum atomic E-state index is 12.2. The van der Waals surface area contributed by atoms with E-state index < -0.39 is 5.97 Å². The lowest BCUT2D eigenvalue weighted by Gasteiger charge is -2.16. The second kappa shape index (κ2) is 8.56. The average Bonchev–Trinajstić information content (AvgIpc) is 2.95. The molecule has 2 rings (SSSR count). The Morgan fingerprint density at radius 3 is 2.50 bits per heavy atom. The molecular formula is C20H25NO5. The number of carboxylic acid groups (broad SMARTS) is 1. The summed E-state index contributed by atoms with van der Waals surface area (Å²) < 4.78 is 11.1. The van der Waals surface area contributed by atoms with E-state index in [1.807, 2.05) is 32.0 Å². The monoisotopic (exact) mass is 359 g/mol. The summed E-state index contributed by atoms with van der Waals surface area (Å²) in [5.74, 6) is 0.535. The maximum absolute atomic E-state index is 12.2. The summed E-state index contributed by atoms with van der Waals surface area (Å²) in [6.07, 6.45) is 0.959. The predicted octanol–water partition coefficient (Wildman–Crippen LogP) is 3.72. The number of carbonyl (C=O) groups excluding carboxylic acids is 1. The second-order valence-corrected chi connectivity index (χ2v) is 6.44. The minimum Gasteiger partial charge on any atom is -0.494 e. The summed E-state index contributed by atoms with van der Waals surface area (Å²) >= 11 is 0. The zero-order valence-corrected chi connectivity index (χ0v) is 15.7. The summed E-state index contributed by atoms with van der Waals surface area (Å²) in [5, 5.41) is 9.04. The van der Waals surface area contributed by atoms with Crippen LogP contribution in [0, 0.1) is 20.8 Å². The van der Waals surface area contributed by atoms with Gasteiger partial charge in [0.25, 0.3) is 0 Å². The van der Waals surface area contributed by atoms with Crippen LogP contribution in [0.1, 0.15) is 45.8 Å². The standard InChI is InChI=1S/C20H25NO5/c1-13-7-8-16(10-14(13)2)25-9-5-6-19(22)21(4)12-17-11-18(20(23)24)15(3)26-17/h7-8,10-11H,5-6,9,12H2,1-4H3,(H,23,24). The number of aromatic carboxylic acids is 1. The predicted molar refractivity (Wildman–Crippen MR) is 97.5 cm³/mol. The molecule has 1 amide bonds. The van der Waals surface area contributed by atoms with Crippen molar-refractivity contribution in [1.29, 1.82) is 0 Å². The lowest BCUT2D eigenvalue weighted by Crippen LogP contribution is -2.26. The molecule has 6 heteroatoms. The van der Waals surface area contributed by atoms with Crippen molar-refractivity contribution in [3.05, 3.63) is 52.5 Å². The van der Waals surface area contributed by atoms with E-state index in [0.29, 0.717) is 31.0 Å². The van der Waals surface area contributed by atoms with Gasteiger partial charge < -0.3 is 19.2 Å². The Hall–Kier alpha value is -2.76. The molecular weight excluding hydrogens is 334 g/mol. The van der Waals surface area contributed by atoms with Crippen molar-refractivity contribution >= 4 is 11.9 Å². The molecule has 1 heterocycles. The van der Waals surface area contributed by atoms with Crippen LogP contribution >= 0.6 is 0 Å². The van der Waals surface area contributed by atoms with Crippen LogP contribution in [0.15, 0.2) is 28.7 Å². The van der Waals surface area contributed by atoms with Crippen LogP contribution in [0.5, 0.6) is 5.75 Å². The molecule has 0 atom stereocenters. The number of carbonyl (C=O) groups is 2. The topological polar surface area (TPSA) is 80.0 Å². The molecule has 0 unspecified atom stereocenters. The molecule has 1 N–H and O–H groups in total. The largest absolute Gasteiger partial charge is 0.494 e. The van der Waals surface area contributed by atoms with Gasteiger partial charge in [-0.2, -0.15) is 0 Å². The van der Waals surface area contributed by atoms with Gasteiger partial charge in [0, 0.05) is 13.5 Å². The molecule has 0 aliphatic heterocycles. The van der Waals surface area contributed by atoms with E-state index in [4.69, 9.17) is 14.3 Å². The number of nitrogens with zero attached hydrogens (tertiary/aromatic N) is 1. The molecule has 0 spiro atoms. The Balaban J connectivity index is 1.77. The van der Waals surface area contributed by atoms with Crippen LogP contribution in [0.2, 0.25) is 0 Å². The number of hydrogen-bond donors (Lipinski definition) is 1. The SMILES string of the molecule is Cc1ccc(OCCCC(=O)N(C)Cc2cc(C(=O)O)c(C)o2)cc1C. The fourth-order valence-corrected chi connectivity index (χ4v) is 2.56. The average molecular weight is 359 g/mol. The van der Waals surface area contributed by atoms with Gasteiger partial charge in [0.1, 0.15) is 22.8 Å². The van der Waals surface area contributed by atoms with Crippen molar-refractivity contribution in [3.8, 4) is 5.75 Å². The summed E-state index contributed by atoms with van der Waals surface area (Å²) in [6, 6.07) is 7.39. The third kappa shape index (κ3) is 5.12. The van der Waals surface area contributed by atoms with E-state index in [9.17, 15) is 9.59 Å². The first-order chi connectivity index (χ1) is 12.3. The van der Waals surface area contributed by atoms with E-state index in [1.54, 1.807) is 14.0 Å². The number of furan rings is 1. The Kier molecular flexibility index (Phi) is 6.44. The summed E-state index contributed by atoms with van der Waals surface area (Å²) in [5.41, 5.74) is 2.52. The maximum Gasteiger partial charge on any atom is 0.339 e. The van der Waals surface area contributed by atoms with Gasteiger partial charge in [0.05, 0.1) is 13.2 Å². The number of carboxylic acids is 1. The first kappa shape index (κ1) is 19.6.